The lowest BCUT2D eigenvalue weighted by Gasteiger charge is -2.08. The van der Waals surface area contributed by atoms with E-state index in [1.54, 1.807) is 24.3 Å². The molecule has 1 aromatic heterocycles. The Bertz CT molecular complexity index is 508. The van der Waals surface area contributed by atoms with E-state index in [2.05, 4.69) is 26.2 Å². The standard InChI is InChI=1S/C12H11BrFN3/c1-7-11(15)4-5-12(16-7)17-8-2-3-9(13)10(14)6-8/h2-6H,15H2,1H3,(H,16,17). The third kappa shape index (κ3) is 2.74. The highest BCUT2D eigenvalue weighted by atomic mass is 79.9. The van der Waals surface area contributed by atoms with Gasteiger partial charge in [-0.1, -0.05) is 0 Å². The average Bonchev–Trinajstić information content (AvgIpc) is 2.29. The zero-order chi connectivity index (χ0) is 12.4. The highest BCUT2D eigenvalue weighted by Gasteiger charge is 2.02. The summed E-state index contributed by atoms with van der Waals surface area (Å²) in [5.41, 5.74) is 7.69. The lowest BCUT2D eigenvalue weighted by Crippen LogP contribution is -1.98. The summed E-state index contributed by atoms with van der Waals surface area (Å²) in [7, 11) is 0. The molecule has 0 atom stereocenters. The maximum Gasteiger partial charge on any atom is 0.139 e. The first-order valence-corrected chi connectivity index (χ1v) is 5.81. The van der Waals surface area contributed by atoms with E-state index in [0.29, 0.717) is 21.7 Å². The largest absolute Gasteiger partial charge is 0.397 e. The number of aromatic nitrogens is 1. The minimum absolute atomic E-state index is 0.317. The summed E-state index contributed by atoms with van der Waals surface area (Å²) >= 11 is 3.10. The second-order valence-corrected chi connectivity index (χ2v) is 4.48. The smallest absolute Gasteiger partial charge is 0.139 e. The van der Waals surface area contributed by atoms with Crippen LogP contribution in [0.25, 0.3) is 0 Å². The fraction of sp³-hybridized carbons (Fsp3) is 0.0833. The van der Waals surface area contributed by atoms with Crippen LogP contribution in [0.5, 0.6) is 0 Å². The van der Waals surface area contributed by atoms with E-state index >= 15 is 0 Å². The van der Waals surface area contributed by atoms with Crippen LogP contribution >= 0.6 is 15.9 Å². The molecular weight excluding hydrogens is 285 g/mol. The number of nitrogens with two attached hydrogens (primary N) is 1. The number of aryl methyl sites for hydroxylation is 1. The summed E-state index contributed by atoms with van der Waals surface area (Å²) < 4.78 is 13.7. The molecule has 2 aromatic rings. The summed E-state index contributed by atoms with van der Waals surface area (Å²) in [5, 5.41) is 3.01. The van der Waals surface area contributed by atoms with E-state index in [1.807, 2.05) is 6.92 Å². The Labute approximate surface area is 107 Å². The second-order valence-electron chi connectivity index (χ2n) is 3.63. The van der Waals surface area contributed by atoms with Crippen molar-refractivity contribution in [1.29, 1.82) is 0 Å². The predicted molar refractivity (Wildman–Crippen MR) is 70.8 cm³/mol. The van der Waals surface area contributed by atoms with Crippen LogP contribution in [0.15, 0.2) is 34.8 Å². The normalized spacial score (nSPS) is 10.3. The van der Waals surface area contributed by atoms with Gasteiger partial charge in [0.2, 0.25) is 0 Å². The summed E-state index contributed by atoms with van der Waals surface area (Å²) in [6.45, 7) is 1.82. The van der Waals surface area contributed by atoms with Crippen molar-refractivity contribution in [2.24, 2.45) is 0 Å². The van der Waals surface area contributed by atoms with Crippen molar-refractivity contribution in [3.05, 3.63) is 46.3 Å². The first kappa shape index (κ1) is 11.9. The van der Waals surface area contributed by atoms with E-state index in [1.165, 1.54) is 6.07 Å². The van der Waals surface area contributed by atoms with Crippen LogP contribution in [0.1, 0.15) is 5.69 Å². The highest BCUT2D eigenvalue weighted by Crippen LogP contribution is 2.22. The Morgan fingerprint density at radius 3 is 2.71 bits per heavy atom. The molecule has 0 aliphatic rings. The fourth-order valence-corrected chi connectivity index (χ4v) is 1.61. The molecule has 0 bridgehead atoms. The zero-order valence-corrected chi connectivity index (χ0v) is 10.8. The van der Waals surface area contributed by atoms with Crippen molar-refractivity contribution in [3.8, 4) is 0 Å². The quantitative estimate of drug-likeness (QED) is 0.890. The number of nitrogens with one attached hydrogen (secondary N) is 1. The van der Waals surface area contributed by atoms with Crippen molar-refractivity contribution < 1.29 is 4.39 Å². The topological polar surface area (TPSA) is 50.9 Å². The number of nitrogen functional groups attached to an aromatic ring is 1. The number of halogens is 2. The lowest BCUT2D eigenvalue weighted by atomic mass is 10.3. The Balaban J connectivity index is 2.25. The van der Waals surface area contributed by atoms with Crippen LogP contribution in [0.2, 0.25) is 0 Å². The molecule has 0 amide bonds. The third-order valence-electron chi connectivity index (χ3n) is 2.32. The predicted octanol–water partition coefficient (Wildman–Crippen LogP) is 3.62. The van der Waals surface area contributed by atoms with Gasteiger partial charge in [-0.3, -0.25) is 0 Å². The monoisotopic (exact) mass is 295 g/mol. The molecule has 1 heterocycles. The Morgan fingerprint density at radius 2 is 2.06 bits per heavy atom. The minimum atomic E-state index is -0.317. The van der Waals surface area contributed by atoms with Crippen LogP contribution < -0.4 is 11.1 Å². The van der Waals surface area contributed by atoms with Gasteiger partial charge < -0.3 is 11.1 Å². The molecule has 3 N–H and O–H groups in total. The van der Waals surface area contributed by atoms with Crippen molar-refractivity contribution in [2.45, 2.75) is 6.92 Å². The molecule has 0 saturated heterocycles. The Morgan fingerprint density at radius 1 is 1.29 bits per heavy atom. The first-order valence-electron chi connectivity index (χ1n) is 5.01. The van der Waals surface area contributed by atoms with Crippen molar-refractivity contribution >= 4 is 33.1 Å². The first-order chi connectivity index (χ1) is 8.06. The number of anilines is 3. The number of hydrogen-bond donors (Lipinski definition) is 2. The van der Waals surface area contributed by atoms with Crippen LogP contribution in [0.3, 0.4) is 0 Å². The van der Waals surface area contributed by atoms with Gasteiger partial charge >= 0.3 is 0 Å². The molecule has 1 aromatic carbocycles. The van der Waals surface area contributed by atoms with Gasteiger partial charge in [0.25, 0.3) is 0 Å². The van der Waals surface area contributed by atoms with Gasteiger partial charge in [0.15, 0.2) is 0 Å². The van der Waals surface area contributed by atoms with Crippen LogP contribution in [0.4, 0.5) is 21.6 Å². The van der Waals surface area contributed by atoms with E-state index in [9.17, 15) is 4.39 Å². The molecule has 0 fully saturated rings. The number of nitrogens with zero attached hydrogens (tertiary/aromatic N) is 1. The van der Waals surface area contributed by atoms with Crippen LogP contribution in [-0.4, -0.2) is 4.98 Å². The maximum atomic E-state index is 13.3. The fourth-order valence-electron chi connectivity index (χ4n) is 1.36. The van der Waals surface area contributed by atoms with E-state index in [0.717, 1.165) is 5.69 Å². The van der Waals surface area contributed by atoms with Gasteiger partial charge in [0, 0.05) is 5.69 Å². The van der Waals surface area contributed by atoms with Gasteiger partial charge in [0.05, 0.1) is 15.9 Å². The molecule has 17 heavy (non-hydrogen) atoms. The van der Waals surface area contributed by atoms with Gasteiger partial charge in [-0.15, -0.1) is 0 Å². The molecule has 0 radical (unpaired) electrons. The molecule has 3 nitrogen and oxygen atoms in total. The molecule has 2 rings (SSSR count). The number of pyridine rings is 1. The van der Waals surface area contributed by atoms with E-state index in [4.69, 9.17) is 5.73 Å². The molecule has 0 aliphatic carbocycles. The van der Waals surface area contributed by atoms with Gasteiger partial charge in [-0.2, -0.15) is 0 Å². The van der Waals surface area contributed by atoms with E-state index in [-0.39, 0.29) is 5.82 Å². The molecule has 88 valence electrons. The number of rotatable bonds is 2. The Kier molecular flexibility index (Phi) is 3.28. The lowest BCUT2D eigenvalue weighted by molar-refractivity contribution is 0.622. The summed E-state index contributed by atoms with van der Waals surface area (Å²) in [5.74, 6) is 0.320. The van der Waals surface area contributed by atoms with Crippen molar-refractivity contribution in [3.63, 3.8) is 0 Å². The molecule has 0 unspecified atom stereocenters. The van der Waals surface area contributed by atoms with Crippen molar-refractivity contribution in [1.82, 2.24) is 4.98 Å². The Hall–Kier alpha value is -1.62. The number of benzene rings is 1. The summed E-state index contributed by atoms with van der Waals surface area (Å²) in [6.07, 6.45) is 0. The van der Waals surface area contributed by atoms with Crippen LogP contribution in [-0.2, 0) is 0 Å². The molecule has 0 saturated carbocycles. The minimum Gasteiger partial charge on any atom is -0.397 e. The summed E-state index contributed by atoms with van der Waals surface area (Å²) in [4.78, 5) is 4.25. The van der Waals surface area contributed by atoms with Gasteiger partial charge in [-0.25, -0.2) is 9.37 Å². The van der Waals surface area contributed by atoms with Gasteiger partial charge in [0.1, 0.15) is 11.6 Å². The SMILES string of the molecule is Cc1nc(Nc2ccc(Br)c(F)c2)ccc1N. The maximum absolute atomic E-state index is 13.3. The molecule has 0 aliphatic heterocycles. The summed E-state index contributed by atoms with van der Waals surface area (Å²) in [6, 6.07) is 8.32. The van der Waals surface area contributed by atoms with Gasteiger partial charge in [-0.05, 0) is 53.2 Å². The van der Waals surface area contributed by atoms with Crippen molar-refractivity contribution in [2.75, 3.05) is 11.1 Å². The highest BCUT2D eigenvalue weighted by molar-refractivity contribution is 9.10. The average molecular weight is 296 g/mol. The number of hydrogen-bond acceptors (Lipinski definition) is 3. The third-order valence-corrected chi connectivity index (χ3v) is 2.96. The van der Waals surface area contributed by atoms with E-state index < -0.39 is 0 Å². The molecular formula is C12H11BrFN3. The second kappa shape index (κ2) is 4.71. The zero-order valence-electron chi connectivity index (χ0n) is 9.17. The molecule has 5 heteroatoms. The van der Waals surface area contributed by atoms with Crippen LogP contribution in [0, 0.1) is 12.7 Å². The molecule has 0 spiro atoms.